The van der Waals surface area contributed by atoms with Crippen molar-refractivity contribution in [2.75, 3.05) is 18.7 Å². The predicted octanol–water partition coefficient (Wildman–Crippen LogP) is 14.6. The van der Waals surface area contributed by atoms with E-state index in [1.165, 1.54) is 0 Å². The maximum atomic E-state index is 16.7. The molecule has 62 heavy (non-hydrogen) atoms. The van der Waals surface area contributed by atoms with Crippen molar-refractivity contribution in [2.24, 2.45) is 0 Å². The summed E-state index contributed by atoms with van der Waals surface area (Å²) in [6, 6.07) is 80.8. The van der Waals surface area contributed by atoms with E-state index in [4.69, 9.17) is 0 Å². The number of benzene rings is 9. The molecule has 0 aliphatic carbocycles. The van der Waals surface area contributed by atoms with E-state index in [-0.39, 0.29) is 0 Å². The van der Waals surface area contributed by atoms with E-state index in [9.17, 15) is 0 Å². The number of hydrogen-bond acceptors (Lipinski definition) is 2. The van der Waals surface area contributed by atoms with Crippen LogP contribution in [0.4, 0.5) is 45.5 Å². The molecule has 0 bridgehead atoms. The molecule has 6 nitrogen and oxygen atoms in total. The van der Waals surface area contributed by atoms with E-state index >= 15 is 9.13 Å². The number of anilines is 8. The van der Waals surface area contributed by atoms with E-state index in [0.29, 0.717) is 10.6 Å². The van der Waals surface area contributed by atoms with Gasteiger partial charge >= 0.3 is 14.9 Å². The first-order chi connectivity index (χ1) is 30.5. The summed E-state index contributed by atoms with van der Waals surface area (Å²) < 4.78 is 41.3. The minimum Gasteiger partial charge on any atom is -0.270 e. The van der Waals surface area contributed by atoms with Crippen LogP contribution in [0.3, 0.4) is 0 Å². The fourth-order valence-corrected chi connectivity index (χ4v) is 14.9. The molecule has 0 saturated heterocycles. The van der Waals surface area contributed by atoms with Gasteiger partial charge in [-0.1, -0.05) is 146 Å². The zero-order valence-electron chi connectivity index (χ0n) is 33.6. The summed E-state index contributed by atoms with van der Waals surface area (Å²) in [6.07, 6.45) is 0. The Bertz CT molecular complexity index is 2920. The largest absolute Gasteiger partial charge is 0.301 e. The standard InChI is InChI=1S/C54H40N4O2P2/c59-61(55(45-21-9-3-10-22-45)51-25-13-15-27-53(51)57(61)47-33-29-43(30-34-47)41-17-5-1-6-18-41)49-37-39-50(40-38-49)62(60)56(46-23-11-4-12-24-46)52-26-14-16-28-54(52)58(62)48-35-31-44(32-36-48)42-19-7-2-8-20-42/h1-40H. The van der Waals surface area contributed by atoms with Crippen molar-refractivity contribution in [1.29, 1.82) is 0 Å². The van der Waals surface area contributed by atoms with Crippen molar-refractivity contribution >= 4 is 71.0 Å². The summed E-state index contributed by atoms with van der Waals surface area (Å²) in [5, 5.41) is 1.23. The lowest BCUT2D eigenvalue weighted by atomic mass is 10.1. The van der Waals surface area contributed by atoms with Crippen LogP contribution in [0.25, 0.3) is 22.3 Å². The van der Waals surface area contributed by atoms with Gasteiger partial charge in [-0.15, -0.1) is 0 Å². The van der Waals surface area contributed by atoms with Crippen molar-refractivity contribution in [2.45, 2.75) is 0 Å². The summed E-state index contributed by atoms with van der Waals surface area (Å²) in [6.45, 7) is 0. The Morgan fingerprint density at radius 3 is 0.742 bits per heavy atom. The minimum atomic E-state index is -3.72. The van der Waals surface area contributed by atoms with Crippen LogP contribution in [0.5, 0.6) is 0 Å². The molecule has 0 amide bonds. The van der Waals surface area contributed by atoms with Crippen LogP contribution in [0.15, 0.2) is 243 Å². The van der Waals surface area contributed by atoms with E-state index in [2.05, 4.69) is 72.8 Å². The molecule has 2 aliphatic rings. The molecule has 0 N–H and O–H groups in total. The molecular weight excluding hydrogens is 799 g/mol. The van der Waals surface area contributed by atoms with Gasteiger partial charge in [-0.2, -0.15) is 0 Å². The molecule has 8 heteroatoms. The van der Waals surface area contributed by atoms with E-state index in [1.807, 2.05) is 189 Å². The Labute approximate surface area is 362 Å². The van der Waals surface area contributed by atoms with Crippen molar-refractivity contribution in [3.05, 3.63) is 243 Å². The van der Waals surface area contributed by atoms with Crippen molar-refractivity contribution in [1.82, 2.24) is 0 Å². The van der Waals surface area contributed by atoms with E-state index in [1.54, 1.807) is 0 Å². The molecule has 9 aromatic carbocycles. The van der Waals surface area contributed by atoms with Gasteiger partial charge in [-0.3, -0.25) is 27.8 Å². The molecule has 0 fully saturated rings. The second kappa shape index (κ2) is 15.3. The second-order valence-electron chi connectivity index (χ2n) is 15.3. The smallest absolute Gasteiger partial charge is 0.270 e. The van der Waals surface area contributed by atoms with Crippen LogP contribution in [-0.4, -0.2) is 0 Å². The van der Waals surface area contributed by atoms with Gasteiger partial charge in [-0.25, -0.2) is 0 Å². The highest BCUT2D eigenvalue weighted by Crippen LogP contribution is 2.72. The number of para-hydroxylation sites is 6. The summed E-state index contributed by atoms with van der Waals surface area (Å²) in [5.74, 6) is 0. The first-order valence-electron chi connectivity index (χ1n) is 20.7. The highest BCUT2D eigenvalue weighted by Gasteiger charge is 2.51. The fourth-order valence-electron chi connectivity index (χ4n) is 8.88. The Kier molecular flexibility index (Phi) is 9.27. The molecule has 0 aromatic heterocycles. The Hall–Kier alpha value is -7.36. The zero-order chi connectivity index (χ0) is 41.7. The van der Waals surface area contributed by atoms with Crippen molar-refractivity contribution < 1.29 is 9.13 Å². The molecule has 2 heterocycles. The Morgan fingerprint density at radius 1 is 0.226 bits per heavy atom. The highest BCUT2D eigenvalue weighted by molar-refractivity contribution is 7.76. The SMILES string of the molecule is O=P1(c2ccc(P3(=O)N(c4ccccc4)c4ccccc4N3c3ccc(-c4ccccc4)cc3)cc2)N(c2ccccc2)c2ccccc2N1c1ccc(-c2ccccc2)cc1. The first kappa shape index (κ1) is 37.6. The van der Waals surface area contributed by atoms with Crippen LogP contribution in [-0.2, 0) is 9.13 Å². The third-order valence-electron chi connectivity index (χ3n) is 11.7. The summed E-state index contributed by atoms with van der Waals surface area (Å²) >= 11 is 0. The highest BCUT2D eigenvalue weighted by atomic mass is 31.2. The lowest BCUT2D eigenvalue weighted by Crippen LogP contribution is -2.29. The van der Waals surface area contributed by atoms with Crippen LogP contribution >= 0.6 is 14.9 Å². The Morgan fingerprint density at radius 2 is 0.452 bits per heavy atom. The average Bonchev–Trinajstić information content (AvgIpc) is 3.78. The number of hydrogen-bond donors (Lipinski definition) is 0. The van der Waals surface area contributed by atoms with Gasteiger partial charge in [0.2, 0.25) is 0 Å². The van der Waals surface area contributed by atoms with E-state index in [0.717, 1.165) is 67.8 Å². The average molecular weight is 839 g/mol. The van der Waals surface area contributed by atoms with Gasteiger partial charge in [-0.05, 0) is 119 Å². The monoisotopic (exact) mass is 838 g/mol. The van der Waals surface area contributed by atoms with Crippen LogP contribution in [0, 0.1) is 0 Å². The lowest BCUT2D eigenvalue weighted by molar-refractivity contribution is 0.581. The number of fused-ring (bicyclic) bond motifs is 2. The molecule has 11 rings (SSSR count). The van der Waals surface area contributed by atoms with Crippen molar-refractivity contribution in [3.63, 3.8) is 0 Å². The summed E-state index contributed by atoms with van der Waals surface area (Å²) in [7, 11) is -7.44. The minimum absolute atomic E-state index is 0.613. The maximum absolute atomic E-state index is 16.7. The molecular formula is C54H40N4O2P2. The lowest BCUT2D eigenvalue weighted by Gasteiger charge is -2.35. The molecule has 298 valence electrons. The van der Waals surface area contributed by atoms with Gasteiger partial charge in [0.25, 0.3) is 0 Å². The van der Waals surface area contributed by atoms with Crippen LogP contribution in [0.1, 0.15) is 0 Å². The predicted molar refractivity (Wildman–Crippen MR) is 259 cm³/mol. The van der Waals surface area contributed by atoms with Crippen LogP contribution < -0.4 is 29.3 Å². The quantitative estimate of drug-likeness (QED) is 0.142. The molecule has 0 saturated carbocycles. The number of nitrogens with zero attached hydrogens (tertiary/aromatic N) is 4. The third-order valence-corrected chi connectivity index (χ3v) is 17.6. The van der Waals surface area contributed by atoms with Crippen LogP contribution in [0.2, 0.25) is 0 Å². The van der Waals surface area contributed by atoms with Gasteiger partial charge in [0.05, 0.1) is 33.4 Å². The molecule has 0 radical (unpaired) electrons. The summed E-state index contributed by atoms with van der Waals surface area (Å²) in [4.78, 5) is 0. The first-order valence-corrected chi connectivity index (χ1v) is 23.9. The Balaban J connectivity index is 1.07. The zero-order valence-corrected chi connectivity index (χ0v) is 35.4. The number of rotatable bonds is 8. The summed E-state index contributed by atoms with van der Waals surface area (Å²) in [5.41, 5.74) is 11.0. The van der Waals surface area contributed by atoms with Gasteiger partial charge < -0.3 is 0 Å². The maximum Gasteiger partial charge on any atom is 0.301 e. The molecule has 0 spiro atoms. The van der Waals surface area contributed by atoms with Gasteiger partial charge in [0, 0.05) is 22.7 Å². The van der Waals surface area contributed by atoms with Gasteiger partial charge in [0.15, 0.2) is 0 Å². The second-order valence-corrected chi connectivity index (χ2v) is 20.1. The molecule has 2 unspecified atom stereocenters. The van der Waals surface area contributed by atoms with Crippen molar-refractivity contribution in [3.8, 4) is 22.3 Å². The van der Waals surface area contributed by atoms with E-state index < -0.39 is 14.9 Å². The normalized spacial score (nSPS) is 17.8. The molecule has 2 atom stereocenters. The van der Waals surface area contributed by atoms with Gasteiger partial charge in [0.1, 0.15) is 0 Å². The molecule has 9 aromatic rings. The fraction of sp³-hybridized carbons (Fsp3) is 0. The molecule has 2 aliphatic heterocycles. The third kappa shape index (κ3) is 6.02. The topological polar surface area (TPSA) is 47.1 Å².